The number of aryl methyl sites for hydroxylation is 4. The Labute approximate surface area is 176 Å². The van der Waals surface area contributed by atoms with Crippen LogP contribution in [0.1, 0.15) is 16.8 Å². The molecule has 0 aliphatic carbocycles. The molecule has 0 radical (unpaired) electrons. The van der Waals surface area contributed by atoms with Crippen molar-refractivity contribution >= 4 is 40.0 Å². The number of benzene rings is 1. The van der Waals surface area contributed by atoms with E-state index < -0.39 is 6.03 Å². The third kappa shape index (κ3) is 3.81. The van der Waals surface area contributed by atoms with Gasteiger partial charge in [0.2, 0.25) is 0 Å². The fourth-order valence-corrected chi connectivity index (χ4v) is 3.93. The van der Waals surface area contributed by atoms with Crippen LogP contribution in [0.4, 0.5) is 20.8 Å². The second-order valence-corrected chi connectivity index (χ2v) is 7.80. The lowest BCUT2D eigenvalue weighted by atomic mass is 10.1. The summed E-state index contributed by atoms with van der Waals surface area (Å²) in [4.78, 5) is 21.1. The monoisotopic (exact) mass is 425 g/mol. The molecule has 8 nitrogen and oxygen atoms in total. The average Bonchev–Trinajstić information content (AvgIpc) is 3.27. The van der Waals surface area contributed by atoms with Crippen LogP contribution in [0.15, 0.2) is 29.6 Å². The van der Waals surface area contributed by atoms with Crippen molar-refractivity contribution in [2.24, 2.45) is 7.05 Å². The van der Waals surface area contributed by atoms with Crippen LogP contribution in [0.5, 0.6) is 0 Å². The first-order valence-corrected chi connectivity index (χ1v) is 10.1. The van der Waals surface area contributed by atoms with E-state index in [2.05, 4.69) is 31.2 Å². The van der Waals surface area contributed by atoms with E-state index in [0.717, 1.165) is 22.3 Å². The molecule has 154 valence electrons. The van der Waals surface area contributed by atoms with E-state index >= 15 is 0 Å². The van der Waals surface area contributed by atoms with Crippen molar-refractivity contribution in [1.82, 2.24) is 25.2 Å². The zero-order chi connectivity index (χ0) is 21.4. The molecular formula is C20H20FN7OS. The molecule has 3 heterocycles. The summed E-state index contributed by atoms with van der Waals surface area (Å²) in [6.07, 6.45) is 0. The number of thiazole rings is 1. The van der Waals surface area contributed by atoms with Gasteiger partial charge < -0.3 is 0 Å². The molecule has 4 aromatic rings. The smallest absolute Gasteiger partial charge is 0.290 e. The van der Waals surface area contributed by atoms with Crippen LogP contribution in [0.3, 0.4) is 0 Å². The summed E-state index contributed by atoms with van der Waals surface area (Å²) in [5.74, 6) is 0.576. The zero-order valence-corrected chi connectivity index (χ0v) is 17.7. The summed E-state index contributed by atoms with van der Waals surface area (Å²) in [5.41, 5.74) is 9.21. The fourth-order valence-electron chi connectivity index (χ4n) is 3.18. The second-order valence-electron chi connectivity index (χ2n) is 6.94. The van der Waals surface area contributed by atoms with E-state index in [0.29, 0.717) is 27.8 Å². The summed E-state index contributed by atoms with van der Waals surface area (Å²) in [6.45, 7) is 5.60. The maximum atomic E-state index is 13.8. The molecule has 0 bridgehead atoms. The molecule has 30 heavy (non-hydrogen) atoms. The van der Waals surface area contributed by atoms with Crippen molar-refractivity contribution in [3.8, 4) is 10.6 Å². The van der Waals surface area contributed by atoms with Crippen LogP contribution < -0.4 is 16.2 Å². The third-order valence-corrected chi connectivity index (χ3v) is 5.53. The molecule has 4 rings (SSSR count). The Morgan fingerprint density at radius 3 is 2.67 bits per heavy atom. The largest absolute Gasteiger partial charge is 0.339 e. The number of carbonyl (C=O) groups excluding carboxylic acids is 1. The Bertz CT molecular complexity index is 1260. The van der Waals surface area contributed by atoms with Gasteiger partial charge in [0.05, 0.1) is 5.69 Å². The SMILES string of the molecule is Cc1ccc(-c2nc(NC(=O)NNc3cc(C)c4c(C)nn(C)c4n3)cs2)cc1F. The van der Waals surface area contributed by atoms with Crippen LogP contribution in [0.25, 0.3) is 21.6 Å². The molecule has 0 saturated carbocycles. The van der Waals surface area contributed by atoms with E-state index in [-0.39, 0.29) is 5.82 Å². The number of urea groups is 1. The number of nitrogens with one attached hydrogen (secondary N) is 3. The van der Waals surface area contributed by atoms with E-state index in [9.17, 15) is 9.18 Å². The highest BCUT2D eigenvalue weighted by molar-refractivity contribution is 7.13. The number of aromatic nitrogens is 4. The highest BCUT2D eigenvalue weighted by Gasteiger charge is 2.12. The van der Waals surface area contributed by atoms with Gasteiger partial charge in [0.15, 0.2) is 5.65 Å². The van der Waals surface area contributed by atoms with Gasteiger partial charge in [0.25, 0.3) is 0 Å². The predicted molar refractivity (Wildman–Crippen MR) is 116 cm³/mol. The predicted octanol–water partition coefficient (Wildman–Crippen LogP) is 4.30. The number of amides is 2. The molecule has 0 atom stereocenters. The van der Waals surface area contributed by atoms with Crippen LogP contribution in [-0.2, 0) is 7.05 Å². The van der Waals surface area contributed by atoms with Gasteiger partial charge in [-0.15, -0.1) is 11.3 Å². The topological polar surface area (TPSA) is 96.8 Å². The highest BCUT2D eigenvalue weighted by Crippen LogP contribution is 2.27. The number of hydrogen-bond acceptors (Lipinski definition) is 6. The van der Waals surface area contributed by atoms with Gasteiger partial charge in [0.1, 0.15) is 22.5 Å². The van der Waals surface area contributed by atoms with Gasteiger partial charge in [-0.3, -0.25) is 15.4 Å². The lowest BCUT2D eigenvalue weighted by molar-refractivity contribution is 0.253. The number of nitrogens with zero attached hydrogens (tertiary/aromatic N) is 4. The van der Waals surface area contributed by atoms with E-state index in [1.54, 1.807) is 29.1 Å². The summed E-state index contributed by atoms with van der Waals surface area (Å²) in [6, 6.07) is 6.27. The van der Waals surface area contributed by atoms with Gasteiger partial charge in [0, 0.05) is 23.4 Å². The number of hydrogen-bond donors (Lipinski definition) is 3. The lowest BCUT2D eigenvalue weighted by Crippen LogP contribution is -2.34. The van der Waals surface area contributed by atoms with Gasteiger partial charge >= 0.3 is 6.03 Å². The maximum absolute atomic E-state index is 13.8. The zero-order valence-electron chi connectivity index (χ0n) is 16.9. The van der Waals surface area contributed by atoms with Crippen molar-refractivity contribution in [2.45, 2.75) is 20.8 Å². The van der Waals surface area contributed by atoms with Crippen LogP contribution in [-0.4, -0.2) is 25.8 Å². The van der Waals surface area contributed by atoms with Gasteiger partial charge in [-0.2, -0.15) is 5.10 Å². The van der Waals surface area contributed by atoms with Crippen molar-refractivity contribution < 1.29 is 9.18 Å². The third-order valence-electron chi connectivity index (χ3n) is 4.63. The van der Waals surface area contributed by atoms with Crippen molar-refractivity contribution in [3.63, 3.8) is 0 Å². The maximum Gasteiger partial charge on any atom is 0.339 e. The molecule has 10 heteroatoms. The second kappa shape index (κ2) is 7.71. The molecule has 3 N–H and O–H groups in total. The summed E-state index contributed by atoms with van der Waals surface area (Å²) >= 11 is 1.32. The van der Waals surface area contributed by atoms with E-state index in [4.69, 9.17) is 0 Å². The van der Waals surface area contributed by atoms with Crippen molar-refractivity contribution in [3.05, 3.63) is 52.3 Å². The van der Waals surface area contributed by atoms with E-state index in [1.807, 2.05) is 27.0 Å². The quantitative estimate of drug-likeness (QED) is 0.424. The molecule has 1 aromatic carbocycles. The van der Waals surface area contributed by atoms with Gasteiger partial charge in [-0.1, -0.05) is 12.1 Å². The first kappa shape index (κ1) is 19.8. The first-order chi connectivity index (χ1) is 14.3. The number of rotatable bonds is 4. The molecular weight excluding hydrogens is 405 g/mol. The number of carbonyl (C=O) groups is 1. The minimum absolute atomic E-state index is 0.289. The molecule has 0 spiro atoms. The van der Waals surface area contributed by atoms with Crippen LogP contribution in [0, 0.1) is 26.6 Å². The average molecular weight is 425 g/mol. The van der Waals surface area contributed by atoms with E-state index in [1.165, 1.54) is 17.4 Å². The van der Waals surface area contributed by atoms with Crippen molar-refractivity contribution in [2.75, 3.05) is 10.7 Å². The van der Waals surface area contributed by atoms with Crippen LogP contribution >= 0.6 is 11.3 Å². The molecule has 2 amide bonds. The fraction of sp³-hybridized carbons (Fsp3) is 0.200. The molecule has 0 aliphatic rings. The summed E-state index contributed by atoms with van der Waals surface area (Å²) < 4.78 is 15.5. The molecule has 0 unspecified atom stereocenters. The molecule has 0 aliphatic heterocycles. The number of fused-ring (bicyclic) bond motifs is 1. The minimum Gasteiger partial charge on any atom is -0.290 e. The number of hydrazine groups is 1. The highest BCUT2D eigenvalue weighted by atomic mass is 32.1. The molecule has 0 fully saturated rings. The van der Waals surface area contributed by atoms with Crippen LogP contribution in [0.2, 0.25) is 0 Å². The first-order valence-electron chi connectivity index (χ1n) is 9.18. The Morgan fingerprint density at radius 2 is 1.90 bits per heavy atom. The Balaban J connectivity index is 1.42. The van der Waals surface area contributed by atoms with Crippen molar-refractivity contribution in [1.29, 1.82) is 0 Å². The number of anilines is 2. The summed E-state index contributed by atoms with van der Waals surface area (Å²) in [5, 5.41) is 10.3. The Hall–Kier alpha value is -3.53. The van der Waals surface area contributed by atoms with Gasteiger partial charge in [-0.05, 0) is 44.0 Å². The number of halogens is 1. The normalized spacial score (nSPS) is 11.0. The Morgan fingerprint density at radius 1 is 1.10 bits per heavy atom. The molecule has 0 saturated heterocycles. The lowest BCUT2D eigenvalue weighted by Gasteiger charge is -2.09. The summed E-state index contributed by atoms with van der Waals surface area (Å²) in [7, 11) is 1.82. The minimum atomic E-state index is -0.498. The molecule has 3 aromatic heterocycles. The Kier molecular flexibility index (Phi) is 5.08. The standard InChI is InChI=1S/C20H20FN7OS/c1-10-5-6-13(8-14(10)21)19-23-16(9-30-19)24-20(29)26-25-15-7-11(2)17-12(3)27-28(4)18(17)22-15/h5-9H,1-4H3,(H,22,25)(H2,24,26,29). The van der Waals surface area contributed by atoms with Gasteiger partial charge in [-0.25, -0.2) is 24.6 Å². The number of pyridine rings is 1.